The lowest BCUT2D eigenvalue weighted by Gasteiger charge is -2.10. The minimum absolute atomic E-state index is 0.0743. The quantitative estimate of drug-likeness (QED) is 0.188. The Balaban J connectivity index is 1.51. The SMILES string of the molecule is COc1ccc(-n2c(C)cc(C(=O)CSc3nn(-c4ccccc4)c(=S)s3)c2C)cc1. The fourth-order valence-electron chi connectivity index (χ4n) is 3.43. The molecule has 0 fully saturated rings. The van der Waals surface area contributed by atoms with Gasteiger partial charge in [0.05, 0.1) is 18.6 Å². The van der Waals surface area contributed by atoms with Crippen LogP contribution in [0.3, 0.4) is 0 Å². The molecule has 0 atom stereocenters. The summed E-state index contributed by atoms with van der Waals surface area (Å²) in [5.74, 6) is 1.19. The Morgan fingerprint density at radius 1 is 1.10 bits per heavy atom. The summed E-state index contributed by atoms with van der Waals surface area (Å²) in [5, 5.41) is 4.58. The van der Waals surface area contributed by atoms with Gasteiger partial charge in [-0.15, -0.1) is 5.10 Å². The molecule has 2 aromatic heterocycles. The van der Waals surface area contributed by atoms with Gasteiger partial charge in [-0.25, -0.2) is 4.68 Å². The smallest absolute Gasteiger partial charge is 0.184 e. The van der Waals surface area contributed by atoms with E-state index in [-0.39, 0.29) is 5.78 Å². The Hall–Kier alpha value is -2.68. The molecule has 5 nitrogen and oxygen atoms in total. The van der Waals surface area contributed by atoms with E-state index >= 15 is 0 Å². The number of thioether (sulfide) groups is 1. The molecule has 4 rings (SSSR count). The maximum atomic E-state index is 13.0. The second-order valence-electron chi connectivity index (χ2n) is 6.91. The van der Waals surface area contributed by atoms with Crippen LogP contribution < -0.4 is 4.74 Å². The van der Waals surface area contributed by atoms with E-state index in [1.165, 1.54) is 23.1 Å². The summed E-state index contributed by atoms with van der Waals surface area (Å²) in [6, 6.07) is 19.5. The van der Waals surface area contributed by atoms with E-state index in [9.17, 15) is 4.79 Å². The van der Waals surface area contributed by atoms with Gasteiger partial charge >= 0.3 is 0 Å². The molecule has 2 aromatic carbocycles. The number of nitrogens with zero attached hydrogens (tertiary/aromatic N) is 3. The van der Waals surface area contributed by atoms with E-state index in [0.717, 1.165) is 38.4 Å². The fourth-order valence-corrected chi connectivity index (χ4v) is 5.67. The molecule has 4 aromatic rings. The van der Waals surface area contributed by atoms with Crippen molar-refractivity contribution >= 4 is 41.1 Å². The van der Waals surface area contributed by atoms with Gasteiger partial charge in [-0.1, -0.05) is 41.3 Å². The van der Waals surface area contributed by atoms with E-state index < -0.39 is 0 Å². The molecule has 2 heterocycles. The number of aromatic nitrogens is 3. The van der Waals surface area contributed by atoms with Crippen LogP contribution in [0.25, 0.3) is 11.4 Å². The number of carbonyl (C=O) groups excluding carboxylic acids is 1. The monoisotopic (exact) mass is 467 g/mol. The van der Waals surface area contributed by atoms with Crippen molar-refractivity contribution in [2.45, 2.75) is 18.2 Å². The normalized spacial score (nSPS) is 10.9. The van der Waals surface area contributed by atoms with Gasteiger partial charge in [0.1, 0.15) is 5.75 Å². The Morgan fingerprint density at radius 2 is 1.81 bits per heavy atom. The number of para-hydroxylation sites is 1. The standard InChI is InChI=1S/C23H21N3O2S3/c1-15-13-20(16(2)25(15)17-9-11-19(28-3)12-10-17)21(27)14-30-22-24-26(23(29)31-22)18-7-5-4-6-8-18/h4-13H,14H2,1-3H3. The molecule has 0 saturated carbocycles. The molecule has 0 spiro atoms. The molecule has 0 bridgehead atoms. The van der Waals surface area contributed by atoms with Crippen LogP contribution in [0.2, 0.25) is 0 Å². The van der Waals surface area contributed by atoms with Crippen molar-refractivity contribution in [1.29, 1.82) is 0 Å². The van der Waals surface area contributed by atoms with Crippen LogP contribution in [0, 0.1) is 17.8 Å². The average molecular weight is 468 g/mol. The summed E-state index contributed by atoms with van der Waals surface area (Å²) >= 11 is 8.29. The zero-order valence-electron chi connectivity index (χ0n) is 17.4. The van der Waals surface area contributed by atoms with Crippen molar-refractivity contribution in [2.24, 2.45) is 0 Å². The average Bonchev–Trinajstić information content (AvgIpc) is 3.31. The van der Waals surface area contributed by atoms with Crippen LogP contribution in [-0.4, -0.2) is 33.0 Å². The zero-order valence-corrected chi connectivity index (χ0v) is 19.8. The topological polar surface area (TPSA) is 49.1 Å². The summed E-state index contributed by atoms with van der Waals surface area (Å²) in [6.07, 6.45) is 0. The lowest BCUT2D eigenvalue weighted by Crippen LogP contribution is -2.05. The first-order valence-corrected chi connectivity index (χ1v) is 11.8. The number of aryl methyl sites for hydroxylation is 1. The zero-order chi connectivity index (χ0) is 22.0. The third-order valence-corrected chi connectivity index (χ3v) is 7.28. The predicted octanol–water partition coefficient (Wildman–Crippen LogP) is 6.05. The van der Waals surface area contributed by atoms with Gasteiger partial charge in [0.25, 0.3) is 0 Å². The van der Waals surface area contributed by atoms with Gasteiger partial charge in [0.15, 0.2) is 14.1 Å². The molecule has 0 saturated heterocycles. The molecule has 0 aliphatic carbocycles. The molecule has 31 heavy (non-hydrogen) atoms. The Labute approximate surface area is 194 Å². The second-order valence-corrected chi connectivity index (χ2v) is 9.76. The molecule has 158 valence electrons. The van der Waals surface area contributed by atoms with Crippen LogP contribution in [0.15, 0.2) is 65.0 Å². The largest absolute Gasteiger partial charge is 0.497 e. The fraction of sp³-hybridized carbons (Fsp3) is 0.174. The number of rotatable bonds is 7. The number of hydrogen-bond acceptors (Lipinski definition) is 6. The highest BCUT2D eigenvalue weighted by Gasteiger charge is 2.18. The van der Waals surface area contributed by atoms with E-state index in [0.29, 0.717) is 9.71 Å². The van der Waals surface area contributed by atoms with Crippen LogP contribution in [-0.2, 0) is 0 Å². The second kappa shape index (κ2) is 9.21. The maximum absolute atomic E-state index is 13.0. The minimum atomic E-state index is 0.0743. The first-order chi connectivity index (χ1) is 15.0. The minimum Gasteiger partial charge on any atom is -0.497 e. The predicted molar refractivity (Wildman–Crippen MR) is 129 cm³/mol. The van der Waals surface area contributed by atoms with Gasteiger partial charge in [-0.2, -0.15) is 0 Å². The van der Waals surface area contributed by atoms with Crippen molar-refractivity contribution in [3.05, 3.63) is 81.6 Å². The Morgan fingerprint density at radius 3 is 2.48 bits per heavy atom. The number of Topliss-reactive ketones (excluding diaryl/α,β-unsaturated/α-hetero) is 1. The molecular weight excluding hydrogens is 446 g/mol. The van der Waals surface area contributed by atoms with Crippen molar-refractivity contribution in [1.82, 2.24) is 14.3 Å². The van der Waals surface area contributed by atoms with Crippen LogP contribution in [0.5, 0.6) is 5.75 Å². The summed E-state index contributed by atoms with van der Waals surface area (Å²) in [4.78, 5) is 13.0. The van der Waals surface area contributed by atoms with E-state index in [4.69, 9.17) is 17.0 Å². The number of methoxy groups -OCH3 is 1. The van der Waals surface area contributed by atoms with Crippen molar-refractivity contribution in [3.63, 3.8) is 0 Å². The molecule has 0 radical (unpaired) electrons. The first-order valence-electron chi connectivity index (χ1n) is 9.63. The highest BCUT2D eigenvalue weighted by atomic mass is 32.2. The third-order valence-electron chi connectivity index (χ3n) is 4.92. The number of hydrogen-bond donors (Lipinski definition) is 0. The van der Waals surface area contributed by atoms with Crippen molar-refractivity contribution in [2.75, 3.05) is 12.9 Å². The highest BCUT2D eigenvalue weighted by molar-refractivity contribution is 8.01. The van der Waals surface area contributed by atoms with E-state index in [2.05, 4.69) is 9.67 Å². The number of ketones is 1. The van der Waals surface area contributed by atoms with Gasteiger partial charge in [0, 0.05) is 22.6 Å². The number of carbonyl (C=O) groups is 1. The molecule has 0 amide bonds. The Kier molecular flexibility index (Phi) is 6.41. The van der Waals surface area contributed by atoms with Crippen molar-refractivity contribution in [3.8, 4) is 17.1 Å². The van der Waals surface area contributed by atoms with E-state index in [1.54, 1.807) is 11.8 Å². The summed E-state index contributed by atoms with van der Waals surface area (Å²) in [7, 11) is 1.65. The van der Waals surface area contributed by atoms with Crippen LogP contribution in [0.4, 0.5) is 0 Å². The summed E-state index contributed by atoms with van der Waals surface area (Å²) < 4.78 is 10.5. The molecular formula is C23H21N3O2S3. The molecule has 0 N–H and O–H groups in total. The van der Waals surface area contributed by atoms with Gasteiger partial charge in [-0.3, -0.25) is 4.79 Å². The lowest BCUT2D eigenvalue weighted by molar-refractivity contribution is 0.102. The summed E-state index contributed by atoms with van der Waals surface area (Å²) in [6.45, 7) is 3.98. The van der Waals surface area contributed by atoms with Crippen molar-refractivity contribution < 1.29 is 9.53 Å². The van der Waals surface area contributed by atoms with Gasteiger partial charge in [-0.05, 0) is 68.5 Å². The highest BCUT2D eigenvalue weighted by Crippen LogP contribution is 2.27. The third kappa shape index (κ3) is 4.51. The molecule has 0 aliphatic rings. The van der Waals surface area contributed by atoms with Crippen LogP contribution >= 0.6 is 35.3 Å². The molecule has 0 aliphatic heterocycles. The van der Waals surface area contributed by atoms with E-state index in [1.807, 2.05) is 74.5 Å². The summed E-state index contributed by atoms with van der Waals surface area (Å²) in [5.41, 5.74) is 4.59. The van der Waals surface area contributed by atoms with Crippen LogP contribution in [0.1, 0.15) is 21.7 Å². The number of ether oxygens (including phenoxy) is 1. The number of benzene rings is 2. The molecule has 0 unspecified atom stereocenters. The van der Waals surface area contributed by atoms with Gasteiger partial charge in [0.2, 0.25) is 0 Å². The Bertz CT molecular complexity index is 1270. The molecule has 8 heteroatoms. The van der Waals surface area contributed by atoms with Gasteiger partial charge < -0.3 is 9.30 Å². The maximum Gasteiger partial charge on any atom is 0.184 e. The first kappa shape index (κ1) is 21.5. The lowest BCUT2D eigenvalue weighted by atomic mass is 10.2.